The van der Waals surface area contributed by atoms with E-state index in [4.69, 9.17) is 5.73 Å². The first kappa shape index (κ1) is 12.5. The molecular weight excluding hydrogens is 204 g/mol. The molecule has 16 heavy (non-hydrogen) atoms. The highest BCUT2D eigenvalue weighted by atomic mass is 16.3. The fourth-order valence-corrected chi connectivity index (χ4v) is 1.58. The van der Waals surface area contributed by atoms with Gasteiger partial charge in [-0.2, -0.15) is 0 Å². The highest BCUT2D eigenvalue weighted by Crippen LogP contribution is 2.25. The molecule has 0 spiro atoms. The Bertz CT molecular complexity index is 389. The zero-order chi connectivity index (χ0) is 12.3. The molecule has 0 aliphatic carbocycles. The molecule has 1 atom stereocenters. The number of benzene rings is 1. The van der Waals surface area contributed by atoms with Crippen LogP contribution in [0.25, 0.3) is 0 Å². The van der Waals surface area contributed by atoms with Gasteiger partial charge in [-0.3, -0.25) is 4.79 Å². The van der Waals surface area contributed by atoms with Crippen LogP contribution in [0.2, 0.25) is 0 Å². The van der Waals surface area contributed by atoms with E-state index < -0.39 is 6.04 Å². The van der Waals surface area contributed by atoms with Crippen LogP contribution in [0.4, 0.5) is 5.69 Å². The smallest absolute Gasteiger partial charge is 0.243 e. The van der Waals surface area contributed by atoms with Gasteiger partial charge < -0.3 is 15.7 Å². The highest BCUT2D eigenvalue weighted by Gasteiger charge is 2.19. The molecule has 1 amide bonds. The van der Waals surface area contributed by atoms with Crippen LogP contribution in [0.3, 0.4) is 0 Å². The molecule has 0 fully saturated rings. The van der Waals surface area contributed by atoms with E-state index >= 15 is 0 Å². The van der Waals surface area contributed by atoms with E-state index in [9.17, 15) is 9.90 Å². The van der Waals surface area contributed by atoms with Crippen molar-refractivity contribution in [2.45, 2.75) is 26.8 Å². The van der Waals surface area contributed by atoms with Gasteiger partial charge in [-0.1, -0.05) is 6.07 Å². The number of anilines is 1. The van der Waals surface area contributed by atoms with Gasteiger partial charge in [-0.05, 0) is 32.4 Å². The minimum absolute atomic E-state index is 0.142. The summed E-state index contributed by atoms with van der Waals surface area (Å²) in [6.07, 6.45) is 0. The SMILES string of the molecule is CCN(C(=O)[C@@H](C)N)c1cc(O)ccc1C. The maximum atomic E-state index is 11.9. The predicted molar refractivity (Wildman–Crippen MR) is 64.5 cm³/mol. The third-order valence-corrected chi connectivity index (χ3v) is 2.46. The predicted octanol–water partition coefficient (Wildman–Crippen LogP) is 1.40. The number of hydrogen-bond acceptors (Lipinski definition) is 3. The number of phenolic OH excluding ortho intramolecular Hbond substituents is 1. The fraction of sp³-hybridized carbons (Fsp3) is 0.417. The lowest BCUT2D eigenvalue weighted by Crippen LogP contribution is -2.42. The maximum absolute atomic E-state index is 11.9. The number of carbonyl (C=O) groups excluding carboxylic acids is 1. The molecule has 88 valence electrons. The van der Waals surface area contributed by atoms with Crippen molar-refractivity contribution < 1.29 is 9.90 Å². The van der Waals surface area contributed by atoms with Crippen LogP contribution < -0.4 is 10.6 Å². The Kier molecular flexibility index (Phi) is 3.90. The molecule has 1 aromatic carbocycles. The van der Waals surface area contributed by atoms with Crippen LogP contribution in [0.5, 0.6) is 5.75 Å². The van der Waals surface area contributed by atoms with Gasteiger partial charge in [0.05, 0.1) is 11.7 Å². The zero-order valence-electron chi connectivity index (χ0n) is 9.90. The van der Waals surface area contributed by atoms with Crippen molar-refractivity contribution in [3.05, 3.63) is 23.8 Å². The topological polar surface area (TPSA) is 66.6 Å². The Hall–Kier alpha value is -1.55. The van der Waals surface area contributed by atoms with Crippen molar-refractivity contribution in [1.82, 2.24) is 0 Å². The Morgan fingerprint density at radius 1 is 1.56 bits per heavy atom. The van der Waals surface area contributed by atoms with Crippen molar-refractivity contribution in [2.75, 3.05) is 11.4 Å². The monoisotopic (exact) mass is 222 g/mol. The lowest BCUT2D eigenvalue weighted by Gasteiger charge is -2.24. The number of phenols is 1. The first-order valence-electron chi connectivity index (χ1n) is 5.34. The number of nitrogens with zero attached hydrogens (tertiary/aromatic N) is 1. The summed E-state index contributed by atoms with van der Waals surface area (Å²) < 4.78 is 0. The van der Waals surface area contributed by atoms with Gasteiger partial charge in [0.1, 0.15) is 5.75 Å². The molecule has 1 aromatic rings. The van der Waals surface area contributed by atoms with E-state index in [1.165, 1.54) is 0 Å². The van der Waals surface area contributed by atoms with E-state index in [0.717, 1.165) is 5.56 Å². The lowest BCUT2D eigenvalue weighted by molar-refractivity contribution is -0.119. The molecule has 1 rings (SSSR count). The number of likely N-dealkylation sites (N-methyl/N-ethyl adjacent to an activating group) is 1. The Labute approximate surface area is 95.7 Å². The Balaban J connectivity index is 3.13. The molecule has 0 saturated carbocycles. The molecule has 0 aliphatic heterocycles. The summed E-state index contributed by atoms with van der Waals surface area (Å²) in [6.45, 7) is 5.96. The summed E-state index contributed by atoms with van der Waals surface area (Å²) in [5.41, 5.74) is 7.24. The first-order chi connectivity index (χ1) is 7.47. The molecular formula is C12H18N2O2. The summed E-state index contributed by atoms with van der Waals surface area (Å²) in [6, 6.07) is 4.42. The van der Waals surface area contributed by atoms with Gasteiger partial charge >= 0.3 is 0 Å². The number of nitrogens with two attached hydrogens (primary N) is 1. The molecule has 0 bridgehead atoms. The van der Waals surface area contributed by atoms with Crippen LogP contribution in [-0.2, 0) is 4.79 Å². The molecule has 3 N–H and O–H groups in total. The number of carbonyl (C=O) groups is 1. The molecule has 0 aromatic heterocycles. The van der Waals surface area contributed by atoms with Crippen molar-refractivity contribution in [1.29, 1.82) is 0 Å². The number of aryl methyl sites for hydroxylation is 1. The van der Waals surface area contributed by atoms with Crippen molar-refractivity contribution in [3.8, 4) is 5.75 Å². The average molecular weight is 222 g/mol. The number of amides is 1. The fourth-order valence-electron chi connectivity index (χ4n) is 1.58. The van der Waals surface area contributed by atoms with Crippen LogP contribution in [0.15, 0.2) is 18.2 Å². The molecule has 4 nitrogen and oxygen atoms in total. The minimum Gasteiger partial charge on any atom is -0.508 e. The molecule has 0 aliphatic rings. The Morgan fingerprint density at radius 3 is 2.69 bits per heavy atom. The van der Waals surface area contributed by atoms with Crippen LogP contribution in [0.1, 0.15) is 19.4 Å². The minimum atomic E-state index is -0.540. The standard InChI is InChI=1S/C12H18N2O2/c1-4-14(12(16)9(3)13)11-7-10(15)6-5-8(11)2/h5-7,9,15H,4,13H2,1-3H3/t9-/m1/s1. The summed E-state index contributed by atoms with van der Waals surface area (Å²) in [5, 5.41) is 9.43. The third-order valence-electron chi connectivity index (χ3n) is 2.46. The van der Waals surface area contributed by atoms with Crippen molar-refractivity contribution in [3.63, 3.8) is 0 Å². The first-order valence-corrected chi connectivity index (χ1v) is 5.34. The molecule has 4 heteroatoms. The highest BCUT2D eigenvalue weighted by molar-refractivity contribution is 5.97. The van der Waals surface area contributed by atoms with Crippen molar-refractivity contribution >= 4 is 11.6 Å². The largest absolute Gasteiger partial charge is 0.508 e. The van der Waals surface area contributed by atoms with E-state index in [2.05, 4.69) is 0 Å². The van der Waals surface area contributed by atoms with E-state index in [1.54, 1.807) is 30.0 Å². The van der Waals surface area contributed by atoms with Crippen LogP contribution in [-0.4, -0.2) is 23.6 Å². The third kappa shape index (κ3) is 2.52. The van der Waals surface area contributed by atoms with Crippen LogP contribution in [0, 0.1) is 6.92 Å². The summed E-state index contributed by atoms with van der Waals surface area (Å²) in [7, 11) is 0. The maximum Gasteiger partial charge on any atom is 0.243 e. The van der Waals surface area contributed by atoms with E-state index in [1.807, 2.05) is 13.8 Å². The number of hydrogen-bond donors (Lipinski definition) is 2. The zero-order valence-corrected chi connectivity index (χ0v) is 9.90. The molecule has 0 radical (unpaired) electrons. The summed E-state index contributed by atoms with van der Waals surface area (Å²) in [4.78, 5) is 13.4. The van der Waals surface area contributed by atoms with Gasteiger partial charge in [0.25, 0.3) is 0 Å². The molecule has 0 heterocycles. The molecule has 0 unspecified atom stereocenters. The Morgan fingerprint density at radius 2 is 2.19 bits per heavy atom. The lowest BCUT2D eigenvalue weighted by atomic mass is 10.1. The summed E-state index contributed by atoms with van der Waals surface area (Å²) in [5.74, 6) is 0.00715. The van der Waals surface area contributed by atoms with Crippen molar-refractivity contribution in [2.24, 2.45) is 5.73 Å². The van der Waals surface area contributed by atoms with Crippen LogP contribution >= 0.6 is 0 Å². The average Bonchev–Trinajstić information content (AvgIpc) is 2.23. The van der Waals surface area contributed by atoms with Gasteiger partial charge in [-0.25, -0.2) is 0 Å². The second kappa shape index (κ2) is 4.99. The number of rotatable bonds is 3. The molecule has 0 saturated heterocycles. The second-order valence-electron chi connectivity index (χ2n) is 3.84. The summed E-state index contributed by atoms with van der Waals surface area (Å²) >= 11 is 0. The van der Waals surface area contributed by atoms with Gasteiger partial charge in [-0.15, -0.1) is 0 Å². The van der Waals surface area contributed by atoms with E-state index in [0.29, 0.717) is 12.2 Å². The van der Waals surface area contributed by atoms with Gasteiger partial charge in [0.2, 0.25) is 5.91 Å². The van der Waals surface area contributed by atoms with Gasteiger partial charge in [0, 0.05) is 12.6 Å². The van der Waals surface area contributed by atoms with E-state index in [-0.39, 0.29) is 11.7 Å². The number of aromatic hydroxyl groups is 1. The second-order valence-corrected chi connectivity index (χ2v) is 3.84. The quantitative estimate of drug-likeness (QED) is 0.812. The normalized spacial score (nSPS) is 12.2. The van der Waals surface area contributed by atoms with Gasteiger partial charge in [0.15, 0.2) is 0 Å².